The van der Waals surface area contributed by atoms with E-state index >= 15 is 0 Å². The SMILES string of the molecule is CC(C)CCC[C@@H](C)[C@H]1CC[C@H]2[C@@H]3CC(=O)[C@@]4(O)C[C@@H](COCOCC[Si](C)(C)C)C[C@@H](OCOCC[Si](C)(C)C)[C@]4(C)[C@H]3CC[C@]12C. The summed E-state index contributed by atoms with van der Waals surface area (Å²) >= 11 is 0. The van der Waals surface area contributed by atoms with E-state index in [9.17, 15) is 9.90 Å². The minimum Gasteiger partial charge on any atom is -0.381 e. The van der Waals surface area contributed by atoms with Gasteiger partial charge in [-0.3, -0.25) is 4.79 Å². The summed E-state index contributed by atoms with van der Waals surface area (Å²) in [5, 5.41) is 12.7. The molecule has 4 aliphatic rings. The molecule has 0 aromatic heterocycles. The fourth-order valence-corrected chi connectivity index (χ4v) is 12.4. The molecule has 0 spiro atoms. The summed E-state index contributed by atoms with van der Waals surface area (Å²) in [5.74, 6) is 3.44. The van der Waals surface area contributed by atoms with Crippen LogP contribution in [0, 0.1) is 52.3 Å². The number of hydrogen-bond donors (Lipinski definition) is 1. The second-order valence-electron chi connectivity index (χ2n) is 20.2. The highest BCUT2D eigenvalue weighted by atomic mass is 28.3. The van der Waals surface area contributed by atoms with Gasteiger partial charge in [-0.25, -0.2) is 0 Å². The van der Waals surface area contributed by atoms with E-state index in [1.54, 1.807) is 0 Å². The largest absolute Gasteiger partial charge is 0.381 e. The van der Waals surface area contributed by atoms with Crippen LogP contribution in [0.5, 0.6) is 0 Å². The van der Waals surface area contributed by atoms with Gasteiger partial charge in [0.25, 0.3) is 0 Å². The molecule has 280 valence electrons. The summed E-state index contributed by atoms with van der Waals surface area (Å²) in [6, 6.07) is 2.21. The van der Waals surface area contributed by atoms with E-state index in [0.29, 0.717) is 37.9 Å². The van der Waals surface area contributed by atoms with Gasteiger partial charge in [0.1, 0.15) is 19.2 Å². The van der Waals surface area contributed by atoms with Crippen LogP contribution in [0.4, 0.5) is 0 Å². The van der Waals surface area contributed by atoms with Gasteiger partial charge < -0.3 is 24.1 Å². The van der Waals surface area contributed by atoms with Crippen LogP contribution in [0.25, 0.3) is 0 Å². The summed E-state index contributed by atoms with van der Waals surface area (Å²) in [5.41, 5.74) is -1.76. The van der Waals surface area contributed by atoms with Gasteiger partial charge in [0, 0.05) is 41.2 Å². The molecular formula is C40H76O6Si2. The van der Waals surface area contributed by atoms with Crippen LogP contribution in [0.1, 0.15) is 98.8 Å². The van der Waals surface area contributed by atoms with Gasteiger partial charge in [-0.2, -0.15) is 0 Å². The Bertz CT molecular complexity index is 1040. The number of hydrogen-bond acceptors (Lipinski definition) is 6. The Morgan fingerprint density at radius 1 is 0.854 bits per heavy atom. The zero-order chi connectivity index (χ0) is 35.5. The second kappa shape index (κ2) is 16.3. The average Bonchev–Trinajstić information content (AvgIpc) is 3.32. The highest BCUT2D eigenvalue weighted by molar-refractivity contribution is 6.76. The fraction of sp³-hybridized carbons (Fsp3) is 0.975. The number of ether oxygens (including phenoxy) is 4. The van der Waals surface area contributed by atoms with Crippen molar-refractivity contribution in [2.75, 3.05) is 33.4 Å². The molecule has 0 aromatic carbocycles. The molecule has 48 heavy (non-hydrogen) atoms. The predicted octanol–water partition coefficient (Wildman–Crippen LogP) is 9.65. The Labute approximate surface area is 297 Å². The molecule has 4 fully saturated rings. The van der Waals surface area contributed by atoms with Crippen molar-refractivity contribution in [3.8, 4) is 0 Å². The van der Waals surface area contributed by atoms with Gasteiger partial charge in [0.15, 0.2) is 5.78 Å². The fourth-order valence-electron chi connectivity index (χ4n) is 10.9. The van der Waals surface area contributed by atoms with E-state index in [1.807, 2.05) is 0 Å². The first-order valence-electron chi connectivity index (χ1n) is 19.9. The summed E-state index contributed by atoms with van der Waals surface area (Å²) in [6.07, 6.45) is 10.2. The lowest BCUT2D eigenvalue weighted by atomic mass is 9.41. The average molecular weight is 709 g/mol. The Hall–Kier alpha value is -0.0962. The lowest BCUT2D eigenvalue weighted by molar-refractivity contribution is -0.263. The summed E-state index contributed by atoms with van der Waals surface area (Å²) in [4.78, 5) is 14.4. The molecule has 0 saturated heterocycles. The van der Waals surface area contributed by atoms with Crippen LogP contribution < -0.4 is 0 Å². The van der Waals surface area contributed by atoms with E-state index in [2.05, 4.69) is 73.9 Å². The van der Waals surface area contributed by atoms with Gasteiger partial charge in [-0.05, 0) is 97.5 Å². The van der Waals surface area contributed by atoms with Crippen molar-refractivity contribution < 1.29 is 28.8 Å². The van der Waals surface area contributed by atoms with Crippen LogP contribution in [-0.4, -0.2) is 72.1 Å². The minimum absolute atomic E-state index is 0.0348. The van der Waals surface area contributed by atoms with Crippen LogP contribution in [0.3, 0.4) is 0 Å². The lowest BCUT2D eigenvalue weighted by Crippen LogP contribution is -2.71. The van der Waals surface area contributed by atoms with Gasteiger partial charge in [-0.1, -0.05) is 93.2 Å². The number of Topliss-reactive ketones (excluding diaryl/α,β-unsaturated/α-hetero) is 1. The van der Waals surface area contributed by atoms with Crippen LogP contribution >= 0.6 is 0 Å². The number of carbonyl (C=O) groups is 1. The third-order valence-corrected chi connectivity index (χ3v) is 17.3. The molecule has 4 aliphatic carbocycles. The number of fused-ring (bicyclic) bond motifs is 5. The number of rotatable bonds is 18. The van der Waals surface area contributed by atoms with Crippen LogP contribution in [-0.2, 0) is 23.7 Å². The van der Waals surface area contributed by atoms with E-state index < -0.39 is 27.2 Å². The predicted molar refractivity (Wildman–Crippen MR) is 203 cm³/mol. The smallest absolute Gasteiger partial charge is 0.165 e. The van der Waals surface area contributed by atoms with Crippen molar-refractivity contribution in [1.82, 2.24) is 0 Å². The summed E-state index contributed by atoms with van der Waals surface area (Å²) < 4.78 is 24.7. The zero-order valence-corrected chi connectivity index (χ0v) is 35.1. The van der Waals surface area contributed by atoms with E-state index in [0.717, 1.165) is 49.3 Å². The maximum absolute atomic E-state index is 14.4. The first-order valence-corrected chi connectivity index (χ1v) is 27.3. The Balaban J connectivity index is 1.50. The quantitative estimate of drug-likeness (QED) is 0.0869. The minimum atomic E-state index is -1.40. The van der Waals surface area contributed by atoms with E-state index in [-0.39, 0.29) is 42.7 Å². The van der Waals surface area contributed by atoms with Crippen molar-refractivity contribution in [1.29, 1.82) is 0 Å². The highest BCUT2D eigenvalue weighted by Gasteiger charge is 2.70. The Kier molecular flexibility index (Phi) is 13.8. The number of ketones is 1. The van der Waals surface area contributed by atoms with E-state index in [1.165, 1.54) is 38.5 Å². The van der Waals surface area contributed by atoms with Gasteiger partial charge in [-0.15, -0.1) is 0 Å². The molecule has 1 N–H and O–H groups in total. The summed E-state index contributed by atoms with van der Waals surface area (Å²) in [7, 11) is -2.38. The Morgan fingerprint density at radius 2 is 1.50 bits per heavy atom. The molecular weight excluding hydrogens is 633 g/mol. The second-order valence-corrected chi connectivity index (χ2v) is 31.4. The molecule has 8 heteroatoms. The molecule has 0 amide bonds. The molecule has 0 heterocycles. The molecule has 0 unspecified atom stereocenters. The molecule has 0 aromatic rings. The van der Waals surface area contributed by atoms with Gasteiger partial charge in [0.2, 0.25) is 0 Å². The molecule has 0 bridgehead atoms. The molecule has 0 aliphatic heterocycles. The normalized spacial score (nSPS) is 37.7. The van der Waals surface area contributed by atoms with Crippen molar-refractivity contribution >= 4 is 21.9 Å². The zero-order valence-electron chi connectivity index (χ0n) is 33.1. The Morgan fingerprint density at radius 3 is 2.12 bits per heavy atom. The summed E-state index contributed by atoms with van der Waals surface area (Å²) in [6.45, 7) is 28.5. The van der Waals surface area contributed by atoms with Crippen molar-refractivity contribution in [2.24, 2.45) is 52.3 Å². The number of carbonyl (C=O) groups excluding carboxylic acids is 1. The first kappa shape index (κ1) is 40.7. The van der Waals surface area contributed by atoms with Crippen molar-refractivity contribution in [3.05, 3.63) is 0 Å². The lowest BCUT2D eigenvalue weighted by Gasteiger charge is -2.65. The van der Waals surface area contributed by atoms with Gasteiger partial charge in [0.05, 0.1) is 12.7 Å². The third kappa shape index (κ3) is 9.27. The molecule has 0 radical (unpaired) electrons. The number of aliphatic hydroxyl groups is 1. The van der Waals surface area contributed by atoms with Crippen molar-refractivity contribution in [3.63, 3.8) is 0 Å². The third-order valence-electron chi connectivity index (χ3n) is 13.8. The molecule has 6 nitrogen and oxygen atoms in total. The van der Waals surface area contributed by atoms with E-state index in [4.69, 9.17) is 18.9 Å². The van der Waals surface area contributed by atoms with Gasteiger partial charge >= 0.3 is 0 Å². The van der Waals surface area contributed by atoms with Crippen molar-refractivity contribution in [2.45, 2.75) is 162 Å². The molecule has 4 saturated carbocycles. The maximum Gasteiger partial charge on any atom is 0.165 e. The molecule has 10 atom stereocenters. The highest BCUT2D eigenvalue weighted by Crippen LogP contribution is 2.69. The van der Waals surface area contributed by atoms with Crippen LogP contribution in [0.2, 0.25) is 51.4 Å². The molecule has 4 rings (SSSR count). The first-order chi connectivity index (χ1) is 22.3. The monoisotopic (exact) mass is 709 g/mol. The topological polar surface area (TPSA) is 74.2 Å². The van der Waals surface area contributed by atoms with Crippen LogP contribution in [0.15, 0.2) is 0 Å². The maximum atomic E-state index is 14.4. The standard InChI is InChI=1S/C40H76O6Si2/c1-29(2)13-12-14-30(3)33-15-16-34-32-24-36(41)40(42)25-31(26-45-27-43-19-21-47(6,7)8)23-37(46-28-44-20-22-48(9,10)11)39(40,5)35(32)17-18-38(33,34)4/h29-35,37,42H,12-28H2,1-11H3/t30-,31+,32+,33-,34+,35+,37-,38-,39+,40+/m1/s1.